The molecule has 0 aromatic rings. The predicted octanol–water partition coefficient (Wildman–Crippen LogP) is 0.764. The van der Waals surface area contributed by atoms with Crippen LogP contribution in [0.3, 0.4) is 0 Å². The van der Waals surface area contributed by atoms with Crippen LogP contribution in [0, 0.1) is 39.9 Å². The molecule has 0 radical (unpaired) electrons. The Morgan fingerprint density at radius 1 is 1.08 bits per heavy atom. The van der Waals surface area contributed by atoms with E-state index >= 15 is 0 Å². The van der Waals surface area contributed by atoms with Crippen molar-refractivity contribution in [1.29, 1.82) is 0 Å². The van der Waals surface area contributed by atoms with E-state index in [2.05, 4.69) is 18.4 Å². The molecule has 24 heavy (non-hydrogen) atoms. The molecule has 4 heteroatoms. The topological polar surface area (TPSA) is 63.9 Å². The van der Waals surface area contributed by atoms with Crippen molar-refractivity contribution in [2.75, 3.05) is 6.54 Å². The average molecular weight is 329 g/mol. The van der Waals surface area contributed by atoms with Crippen LogP contribution in [0.25, 0.3) is 0 Å². The van der Waals surface area contributed by atoms with E-state index in [9.17, 15) is 15.3 Å². The van der Waals surface area contributed by atoms with Gasteiger partial charge in [0.2, 0.25) is 0 Å². The Labute approximate surface area is 142 Å². The number of hydrogen-bond acceptors (Lipinski definition) is 4. The van der Waals surface area contributed by atoms with Crippen LogP contribution in [0.1, 0.15) is 32.6 Å². The molecule has 0 amide bonds. The standard InChI is InChI=1S/C20H27NO3/c1-8-3-19-6-10-15-18(2)4-9(22)5-20(15)16(19)14(24)11(8)13(23)12(19)17(20)21(10)7-18/h9-17,22-24H,1,3-7H2,2H3/t9-,10-,11-,12+,13-,14+,15+,16-,17+,18-,19-,20-/m0/s1. The van der Waals surface area contributed by atoms with Gasteiger partial charge in [-0.25, -0.2) is 0 Å². The molecule has 0 aromatic heterocycles. The number of aliphatic hydroxyl groups is 3. The van der Waals surface area contributed by atoms with E-state index < -0.39 is 12.2 Å². The Bertz CT molecular complexity index is 709. The molecular weight excluding hydrogens is 302 g/mol. The first kappa shape index (κ1) is 13.7. The van der Waals surface area contributed by atoms with Crippen LogP contribution in [0.4, 0.5) is 0 Å². The van der Waals surface area contributed by atoms with Crippen molar-refractivity contribution in [1.82, 2.24) is 4.90 Å². The fraction of sp³-hybridized carbons (Fsp3) is 0.900. The van der Waals surface area contributed by atoms with Gasteiger partial charge in [0.05, 0.1) is 18.3 Å². The predicted molar refractivity (Wildman–Crippen MR) is 86.8 cm³/mol. The van der Waals surface area contributed by atoms with Gasteiger partial charge in [0.15, 0.2) is 0 Å². The van der Waals surface area contributed by atoms with Gasteiger partial charge in [-0.15, -0.1) is 0 Å². The highest BCUT2D eigenvalue weighted by atomic mass is 16.3. The second-order valence-electron chi connectivity index (χ2n) is 10.8. The van der Waals surface area contributed by atoms with E-state index in [1.54, 1.807) is 0 Å². The minimum absolute atomic E-state index is 0.0358. The first-order valence-electron chi connectivity index (χ1n) is 9.83. The van der Waals surface area contributed by atoms with E-state index in [0.29, 0.717) is 18.0 Å². The van der Waals surface area contributed by atoms with Crippen LogP contribution in [0.15, 0.2) is 12.2 Å². The van der Waals surface area contributed by atoms with Gasteiger partial charge in [-0.1, -0.05) is 19.1 Å². The molecule has 3 saturated heterocycles. The summed E-state index contributed by atoms with van der Waals surface area (Å²) in [5.74, 6) is 1.02. The smallest absolute Gasteiger partial charge is 0.0679 e. The number of aliphatic hydroxyl groups excluding tert-OH is 3. The normalized spacial score (nSPS) is 76.1. The maximum Gasteiger partial charge on any atom is 0.0679 e. The second-order valence-corrected chi connectivity index (χ2v) is 10.8. The third-order valence-electron chi connectivity index (χ3n) is 10.1. The zero-order valence-corrected chi connectivity index (χ0v) is 14.2. The van der Waals surface area contributed by atoms with Crippen molar-refractivity contribution in [3.8, 4) is 0 Å². The van der Waals surface area contributed by atoms with E-state index in [0.717, 1.165) is 37.8 Å². The average Bonchev–Trinajstić information content (AvgIpc) is 2.88. The van der Waals surface area contributed by atoms with E-state index in [1.807, 2.05) is 0 Å². The summed E-state index contributed by atoms with van der Waals surface area (Å²) in [5.41, 5.74) is 1.37. The largest absolute Gasteiger partial charge is 0.393 e. The van der Waals surface area contributed by atoms with Crippen LogP contribution >= 0.6 is 0 Å². The van der Waals surface area contributed by atoms with Crippen LogP contribution < -0.4 is 0 Å². The van der Waals surface area contributed by atoms with Crippen LogP contribution in [-0.4, -0.2) is 57.2 Å². The Morgan fingerprint density at radius 3 is 2.67 bits per heavy atom. The highest BCUT2D eigenvalue weighted by Gasteiger charge is 2.90. The van der Waals surface area contributed by atoms with Crippen molar-refractivity contribution >= 4 is 0 Å². The summed E-state index contributed by atoms with van der Waals surface area (Å²) in [7, 11) is 0. The van der Waals surface area contributed by atoms with Gasteiger partial charge >= 0.3 is 0 Å². The van der Waals surface area contributed by atoms with Gasteiger partial charge in [-0.3, -0.25) is 4.90 Å². The summed E-state index contributed by atoms with van der Waals surface area (Å²) in [6.07, 6.45) is 2.76. The number of rotatable bonds is 0. The summed E-state index contributed by atoms with van der Waals surface area (Å²) >= 11 is 0. The van der Waals surface area contributed by atoms with Crippen molar-refractivity contribution in [2.24, 2.45) is 39.9 Å². The molecule has 4 nitrogen and oxygen atoms in total. The number of fused-ring (bicyclic) bond motifs is 1. The molecule has 9 rings (SSSR count). The van der Waals surface area contributed by atoms with Gasteiger partial charge in [0, 0.05) is 30.5 Å². The van der Waals surface area contributed by atoms with E-state index in [-0.39, 0.29) is 40.1 Å². The zero-order chi connectivity index (χ0) is 16.4. The van der Waals surface area contributed by atoms with Gasteiger partial charge in [0.25, 0.3) is 0 Å². The highest BCUT2D eigenvalue weighted by Crippen LogP contribution is 2.86. The molecule has 9 aliphatic rings. The monoisotopic (exact) mass is 329 g/mol. The minimum atomic E-state index is -0.460. The summed E-state index contributed by atoms with van der Waals surface area (Å²) in [6, 6.07) is 0.999. The van der Waals surface area contributed by atoms with Crippen molar-refractivity contribution in [3.05, 3.63) is 12.2 Å². The van der Waals surface area contributed by atoms with Crippen LogP contribution in [-0.2, 0) is 0 Å². The number of hydrogen-bond donors (Lipinski definition) is 3. The van der Waals surface area contributed by atoms with Crippen molar-refractivity contribution in [2.45, 2.75) is 63.0 Å². The lowest BCUT2D eigenvalue weighted by atomic mass is 9.39. The summed E-state index contributed by atoms with van der Waals surface area (Å²) in [4.78, 5) is 2.73. The van der Waals surface area contributed by atoms with Gasteiger partial charge in [-0.2, -0.15) is 0 Å². The Balaban J connectivity index is 1.54. The van der Waals surface area contributed by atoms with Gasteiger partial charge in [0.1, 0.15) is 0 Å². The maximum atomic E-state index is 11.3. The van der Waals surface area contributed by atoms with Gasteiger partial charge < -0.3 is 15.3 Å². The molecule has 6 saturated carbocycles. The lowest BCUT2D eigenvalue weighted by molar-refractivity contribution is -0.213. The Kier molecular flexibility index (Phi) is 1.95. The third-order valence-corrected chi connectivity index (χ3v) is 10.1. The Morgan fingerprint density at radius 2 is 1.88 bits per heavy atom. The molecule has 6 aliphatic carbocycles. The van der Waals surface area contributed by atoms with Crippen LogP contribution in [0.2, 0.25) is 0 Å². The molecule has 1 unspecified atom stereocenters. The fourth-order valence-corrected chi connectivity index (χ4v) is 10.7. The molecule has 13 atom stereocenters. The first-order chi connectivity index (χ1) is 11.4. The summed E-state index contributed by atoms with van der Waals surface area (Å²) < 4.78 is 0. The first-order valence-corrected chi connectivity index (χ1v) is 9.83. The molecule has 9 fully saturated rings. The lowest BCUT2D eigenvalue weighted by Gasteiger charge is -2.65. The van der Waals surface area contributed by atoms with Gasteiger partial charge in [-0.05, 0) is 53.8 Å². The van der Waals surface area contributed by atoms with E-state index in [4.69, 9.17) is 0 Å². The molecule has 3 aliphatic heterocycles. The number of nitrogens with zero attached hydrogens (tertiary/aromatic N) is 1. The summed E-state index contributed by atoms with van der Waals surface area (Å²) in [6.45, 7) is 7.72. The number of piperidine rings is 2. The molecule has 9 bridgehead atoms. The van der Waals surface area contributed by atoms with Crippen molar-refractivity contribution in [3.63, 3.8) is 0 Å². The second kappa shape index (κ2) is 3.40. The quantitative estimate of drug-likeness (QED) is 0.574. The molecule has 3 heterocycles. The molecule has 2 spiro atoms. The third kappa shape index (κ3) is 0.980. The highest BCUT2D eigenvalue weighted by molar-refractivity contribution is 5.43. The lowest BCUT2D eigenvalue weighted by Crippen LogP contribution is -2.67. The SMILES string of the molecule is C=C1C[C@]23C[C@H]4[C@@H]5[C@@]6(C)C[C@H](O)C[C@]57[C@@H]([C@H]2[C@@H](O)[C@H]1[C@@H](O)[C@@H]37)N4C6. The maximum absolute atomic E-state index is 11.3. The molecule has 3 N–H and O–H groups in total. The summed E-state index contributed by atoms with van der Waals surface area (Å²) in [5, 5.41) is 33.3. The van der Waals surface area contributed by atoms with E-state index in [1.165, 1.54) is 0 Å². The van der Waals surface area contributed by atoms with Crippen LogP contribution in [0.5, 0.6) is 0 Å². The Hall–Kier alpha value is -0.420. The minimum Gasteiger partial charge on any atom is -0.393 e. The molecule has 130 valence electrons. The zero-order valence-electron chi connectivity index (χ0n) is 14.2. The van der Waals surface area contributed by atoms with Crippen molar-refractivity contribution < 1.29 is 15.3 Å². The molecular formula is C20H27NO3. The fourth-order valence-electron chi connectivity index (χ4n) is 10.7. The molecule has 0 aromatic carbocycles.